The Labute approximate surface area is 117 Å². The number of hydrogen-bond donors (Lipinski definition) is 1. The molecule has 0 fully saturated rings. The minimum Gasteiger partial charge on any atom is -0.453 e. The third-order valence-corrected chi connectivity index (χ3v) is 3.00. The van der Waals surface area contributed by atoms with Gasteiger partial charge in [-0.2, -0.15) is 0 Å². The Bertz CT molecular complexity index is 586. The zero-order valence-electron chi connectivity index (χ0n) is 10.8. The molecule has 0 atom stereocenters. The largest absolute Gasteiger partial charge is 0.453 e. The number of aryl methyl sites for hydroxylation is 1. The first-order valence-corrected chi connectivity index (χ1v) is 6.35. The van der Waals surface area contributed by atoms with Crippen molar-refractivity contribution in [1.82, 2.24) is 5.32 Å². The molecule has 0 spiro atoms. The quantitative estimate of drug-likeness (QED) is 0.901. The van der Waals surface area contributed by atoms with Crippen molar-refractivity contribution in [2.24, 2.45) is 0 Å². The van der Waals surface area contributed by atoms with Crippen molar-refractivity contribution in [3.05, 3.63) is 58.4 Å². The van der Waals surface area contributed by atoms with Crippen molar-refractivity contribution in [3.8, 4) is 11.5 Å². The molecule has 0 aromatic heterocycles. The SMILES string of the molecule is CNCc1ccc(Oc2cc(C)ccc2Cl)c(F)c1. The Hall–Kier alpha value is -1.58. The van der Waals surface area contributed by atoms with Crippen LogP contribution in [-0.2, 0) is 6.54 Å². The van der Waals surface area contributed by atoms with Crippen molar-refractivity contribution < 1.29 is 9.13 Å². The van der Waals surface area contributed by atoms with Crippen molar-refractivity contribution in [2.75, 3.05) is 7.05 Å². The van der Waals surface area contributed by atoms with Crippen LogP contribution >= 0.6 is 11.6 Å². The van der Waals surface area contributed by atoms with Crippen LogP contribution in [0.5, 0.6) is 11.5 Å². The van der Waals surface area contributed by atoms with Crippen LogP contribution in [0.1, 0.15) is 11.1 Å². The van der Waals surface area contributed by atoms with Crippen LogP contribution < -0.4 is 10.1 Å². The molecule has 0 aliphatic rings. The second-order valence-corrected chi connectivity index (χ2v) is 4.74. The second kappa shape index (κ2) is 6.04. The van der Waals surface area contributed by atoms with Gasteiger partial charge in [-0.1, -0.05) is 23.7 Å². The highest BCUT2D eigenvalue weighted by Gasteiger charge is 2.08. The summed E-state index contributed by atoms with van der Waals surface area (Å²) in [4.78, 5) is 0. The summed E-state index contributed by atoms with van der Waals surface area (Å²) in [7, 11) is 1.81. The van der Waals surface area contributed by atoms with Crippen LogP contribution in [0.25, 0.3) is 0 Å². The molecule has 0 aliphatic carbocycles. The van der Waals surface area contributed by atoms with E-state index in [9.17, 15) is 4.39 Å². The lowest BCUT2D eigenvalue weighted by Crippen LogP contribution is -2.05. The molecular formula is C15H15ClFNO. The first-order chi connectivity index (χ1) is 9.10. The van der Waals surface area contributed by atoms with Gasteiger partial charge in [0.05, 0.1) is 5.02 Å². The normalized spacial score (nSPS) is 10.5. The molecule has 19 heavy (non-hydrogen) atoms. The molecule has 0 aliphatic heterocycles. The fourth-order valence-corrected chi connectivity index (χ4v) is 1.90. The third-order valence-electron chi connectivity index (χ3n) is 2.68. The predicted octanol–water partition coefficient (Wildman–Crippen LogP) is 4.30. The van der Waals surface area contributed by atoms with Crippen LogP contribution in [0, 0.1) is 12.7 Å². The molecule has 100 valence electrons. The van der Waals surface area contributed by atoms with E-state index >= 15 is 0 Å². The van der Waals surface area contributed by atoms with Crippen molar-refractivity contribution in [1.29, 1.82) is 0 Å². The molecule has 4 heteroatoms. The summed E-state index contributed by atoms with van der Waals surface area (Å²) in [5.41, 5.74) is 1.87. The van der Waals surface area contributed by atoms with Crippen molar-refractivity contribution in [3.63, 3.8) is 0 Å². The molecule has 2 rings (SSSR count). The maximum atomic E-state index is 13.9. The van der Waals surface area contributed by atoms with Gasteiger partial charge in [-0.3, -0.25) is 0 Å². The number of hydrogen-bond acceptors (Lipinski definition) is 2. The van der Waals surface area contributed by atoms with E-state index in [1.54, 1.807) is 18.2 Å². The van der Waals surface area contributed by atoms with Gasteiger partial charge in [-0.15, -0.1) is 0 Å². The summed E-state index contributed by atoms with van der Waals surface area (Å²) in [5, 5.41) is 3.43. The third kappa shape index (κ3) is 3.46. The molecule has 0 radical (unpaired) electrons. The topological polar surface area (TPSA) is 21.3 Å². The number of ether oxygens (including phenoxy) is 1. The maximum absolute atomic E-state index is 13.9. The van der Waals surface area contributed by atoms with E-state index in [0.29, 0.717) is 17.3 Å². The van der Waals surface area contributed by atoms with Gasteiger partial charge in [-0.05, 0) is 49.4 Å². The smallest absolute Gasteiger partial charge is 0.166 e. The van der Waals surface area contributed by atoms with Gasteiger partial charge < -0.3 is 10.1 Å². The number of halogens is 2. The van der Waals surface area contributed by atoms with Crippen LogP contribution in [0.3, 0.4) is 0 Å². The molecule has 0 heterocycles. The molecule has 0 bridgehead atoms. The van der Waals surface area contributed by atoms with Gasteiger partial charge >= 0.3 is 0 Å². The highest BCUT2D eigenvalue weighted by atomic mass is 35.5. The van der Waals surface area contributed by atoms with Gasteiger partial charge in [-0.25, -0.2) is 4.39 Å². The van der Waals surface area contributed by atoms with Crippen LogP contribution in [0.4, 0.5) is 4.39 Å². The Balaban J connectivity index is 2.25. The molecular weight excluding hydrogens is 265 g/mol. The van der Waals surface area contributed by atoms with Crippen LogP contribution in [0.15, 0.2) is 36.4 Å². The van der Waals surface area contributed by atoms with E-state index in [2.05, 4.69) is 5.32 Å². The van der Waals surface area contributed by atoms with Crippen molar-refractivity contribution >= 4 is 11.6 Å². The van der Waals surface area contributed by atoms with E-state index in [-0.39, 0.29) is 5.75 Å². The molecule has 2 aromatic rings. The lowest BCUT2D eigenvalue weighted by atomic mass is 10.2. The highest BCUT2D eigenvalue weighted by Crippen LogP contribution is 2.31. The summed E-state index contributed by atoms with van der Waals surface area (Å²) in [6.07, 6.45) is 0. The monoisotopic (exact) mass is 279 g/mol. The first kappa shape index (κ1) is 13.8. The van der Waals surface area contributed by atoms with E-state index in [4.69, 9.17) is 16.3 Å². The van der Waals surface area contributed by atoms with Gasteiger partial charge in [0.2, 0.25) is 0 Å². The summed E-state index contributed by atoms with van der Waals surface area (Å²) in [6.45, 7) is 2.54. The molecule has 2 aromatic carbocycles. The Morgan fingerprint density at radius 2 is 1.95 bits per heavy atom. The van der Waals surface area contributed by atoms with Gasteiger partial charge in [0.15, 0.2) is 11.6 Å². The summed E-state index contributed by atoms with van der Waals surface area (Å²) >= 11 is 6.02. The van der Waals surface area contributed by atoms with E-state index in [1.165, 1.54) is 6.07 Å². The Morgan fingerprint density at radius 1 is 1.16 bits per heavy atom. The molecule has 0 saturated carbocycles. The van der Waals surface area contributed by atoms with Gasteiger partial charge in [0.25, 0.3) is 0 Å². The minimum atomic E-state index is -0.398. The minimum absolute atomic E-state index is 0.173. The van der Waals surface area contributed by atoms with E-state index in [0.717, 1.165) is 11.1 Å². The predicted molar refractivity (Wildman–Crippen MR) is 75.4 cm³/mol. The second-order valence-electron chi connectivity index (χ2n) is 4.33. The number of rotatable bonds is 4. The van der Waals surface area contributed by atoms with Crippen LogP contribution in [-0.4, -0.2) is 7.05 Å². The molecule has 2 nitrogen and oxygen atoms in total. The highest BCUT2D eigenvalue weighted by molar-refractivity contribution is 6.32. The average molecular weight is 280 g/mol. The summed E-state index contributed by atoms with van der Waals surface area (Å²) in [6, 6.07) is 10.3. The lowest BCUT2D eigenvalue weighted by Gasteiger charge is -2.10. The number of benzene rings is 2. The fourth-order valence-electron chi connectivity index (χ4n) is 1.75. The van der Waals surface area contributed by atoms with Gasteiger partial charge in [0.1, 0.15) is 5.75 Å². The standard InChI is InChI=1S/C15H15ClFNO/c1-10-3-5-12(16)15(7-10)19-14-6-4-11(9-18-2)8-13(14)17/h3-8,18H,9H2,1-2H3. The lowest BCUT2D eigenvalue weighted by molar-refractivity contribution is 0.441. The maximum Gasteiger partial charge on any atom is 0.166 e. The molecule has 0 saturated heterocycles. The summed E-state index contributed by atoms with van der Waals surface area (Å²) in [5.74, 6) is 0.236. The van der Waals surface area contributed by atoms with Crippen molar-refractivity contribution in [2.45, 2.75) is 13.5 Å². The Morgan fingerprint density at radius 3 is 2.63 bits per heavy atom. The number of nitrogens with one attached hydrogen (secondary N) is 1. The Kier molecular flexibility index (Phi) is 4.40. The van der Waals surface area contributed by atoms with Crippen LogP contribution in [0.2, 0.25) is 5.02 Å². The first-order valence-electron chi connectivity index (χ1n) is 5.97. The zero-order chi connectivity index (χ0) is 13.8. The summed E-state index contributed by atoms with van der Waals surface area (Å²) < 4.78 is 19.4. The average Bonchev–Trinajstić information content (AvgIpc) is 2.37. The molecule has 1 N–H and O–H groups in total. The van der Waals surface area contributed by atoms with Gasteiger partial charge in [0, 0.05) is 6.54 Å². The van der Waals surface area contributed by atoms with E-state index in [1.807, 2.05) is 26.1 Å². The van der Waals surface area contributed by atoms with E-state index < -0.39 is 5.82 Å². The fraction of sp³-hybridized carbons (Fsp3) is 0.200. The molecule has 0 amide bonds. The molecule has 0 unspecified atom stereocenters. The zero-order valence-corrected chi connectivity index (χ0v) is 11.6.